The number of ether oxygens (including phenoxy) is 1. The van der Waals surface area contributed by atoms with E-state index in [2.05, 4.69) is 5.32 Å². The zero-order valence-electron chi connectivity index (χ0n) is 11.4. The van der Waals surface area contributed by atoms with E-state index in [-0.39, 0.29) is 22.9 Å². The second kappa shape index (κ2) is 7.69. The van der Waals surface area contributed by atoms with E-state index in [0.717, 1.165) is 6.42 Å². The number of carbonyl (C=O) groups is 1. The van der Waals surface area contributed by atoms with Crippen molar-refractivity contribution in [1.82, 2.24) is 5.32 Å². The predicted molar refractivity (Wildman–Crippen MR) is 76.5 cm³/mol. The summed E-state index contributed by atoms with van der Waals surface area (Å²) in [7, 11) is 1.30. The van der Waals surface area contributed by atoms with Gasteiger partial charge in [0.1, 0.15) is 0 Å². The number of hydrogen-bond donors (Lipinski definition) is 1. The minimum atomic E-state index is -0.578. The Hall–Kier alpha value is -1.82. The third-order valence-electron chi connectivity index (χ3n) is 2.85. The Kier molecular flexibility index (Phi) is 6.24. The third-order valence-corrected chi connectivity index (χ3v) is 3.07. The molecule has 110 valence electrons. The summed E-state index contributed by atoms with van der Waals surface area (Å²) >= 11 is 5.62. The second-order valence-corrected chi connectivity index (χ2v) is 4.79. The fourth-order valence-electron chi connectivity index (χ4n) is 1.71. The molecule has 0 saturated heterocycles. The Morgan fingerprint density at radius 2 is 2.25 bits per heavy atom. The summed E-state index contributed by atoms with van der Waals surface area (Å²) in [5, 5.41) is 13.6. The van der Waals surface area contributed by atoms with Crippen LogP contribution in [0.25, 0.3) is 0 Å². The molecular weight excluding hydrogens is 284 g/mol. The van der Waals surface area contributed by atoms with E-state index in [1.54, 1.807) is 0 Å². The molecule has 1 amide bonds. The van der Waals surface area contributed by atoms with E-state index in [9.17, 15) is 14.9 Å². The number of amides is 1. The summed E-state index contributed by atoms with van der Waals surface area (Å²) in [5.41, 5.74) is -0.0752. The van der Waals surface area contributed by atoms with Crippen LogP contribution in [0.1, 0.15) is 23.7 Å². The number of nitro benzene ring substituents is 1. The number of nitro groups is 1. The first-order valence-corrected chi connectivity index (χ1v) is 6.70. The number of para-hydroxylation sites is 1. The number of hydrogen-bond acceptors (Lipinski definition) is 4. The van der Waals surface area contributed by atoms with Gasteiger partial charge in [0.25, 0.3) is 5.91 Å². The minimum Gasteiger partial charge on any atom is -0.490 e. The zero-order chi connectivity index (χ0) is 15.1. The first-order valence-electron chi connectivity index (χ1n) is 6.16. The summed E-state index contributed by atoms with van der Waals surface area (Å²) in [6.07, 6.45) is 0.786. The molecule has 1 atom stereocenters. The van der Waals surface area contributed by atoms with Crippen LogP contribution in [0.5, 0.6) is 5.75 Å². The van der Waals surface area contributed by atoms with Crippen LogP contribution in [0.3, 0.4) is 0 Å². The molecule has 0 bridgehead atoms. The molecule has 1 N–H and O–H groups in total. The van der Waals surface area contributed by atoms with Gasteiger partial charge in [-0.2, -0.15) is 0 Å². The fraction of sp³-hybridized carbons (Fsp3) is 0.462. The summed E-state index contributed by atoms with van der Waals surface area (Å²) < 4.78 is 4.99. The van der Waals surface area contributed by atoms with Crippen molar-refractivity contribution >= 4 is 23.2 Å². The molecule has 0 aliphatic rings. The second-order valence-electron chi connectivity index (χ2n) is 4.41. The topological polar surface area (TPSA) is 81.5 Å². The van der Waals surface area contributed by atoms with Crippen LogP contribution in [0, 0.1) is 16.0 Å². The molecule has 0 aliphatic carbocycles. The van der Waals surface area contributed by atoms with E-state index >= 15 is 0 Å². The highest BCUT2D eigenvalue weighted by Crippen LogP contribution is 2.30. The van der Waals surface area contributed by atoms with Crippen molar-refractivity contribution < 1.29 is 14.5 Å². The Bertz CT molecular complexity index is 493. The molecule has 0 aromatic heterocycles. The quantitative estimate of drug-likeness (QED) is 0.477. The highest BCUT2D eigenvalue weighted by Gasteiger charge is 2.22. The number of carbonyl (C=O) groups excluding carboxylic acids is 1. The SMILES string of the molecule is COc1c(C(=O)NCC(C)CCCl)cccc1[N+](=O)[O-]. The molecular formula is C13H17ClN2O4. The number of halogens is 1. The van der Waals surface area contributed by atoms with E-state index < -0.39 is 10.8 Å². The summed E-state index contributed by atoms with van der Waals surface area (Å²) in [5.74, 6) is 0.338. The van der Waals surface area contributed by atoms with Crippen LogP contribution in [0.2, 0.25) is 0 Å². The highest BCUT2D eigenvalue weighted by molar-refractivity contribution is 6.17. The van der Waals surface area contributed by atoms with Crippen LogP contribution < -0.4 is 10.1 Å². The van der Waals surface area contributed by atoms with Gasteiger partial charge in [0.2, 0.25) is 5.75 Å². The molecule has 1 unspecified atom stereocenters. The molecule has 0 aliphatic heterocycles. The molecule has 1 aromatic carbocycles. The van der Waals surface area contributed by atoms with Crippen LogP contribution >= 0.6 is 11.6 Å². The maximum Gasteiger partial charge on any atom is 0.311 e. The van der Waals surface area contributed by atoms with Gasteiger partial charge in [0, 0.05) is 18.5 Å². The monoisotopic (exact) mass is 300 g/mol. The van der Waals surface area contributed by atoms with Crippen LogP contribution in [0.4, 0.5) is 5.69 Å². The standard InChI is InChI=1S/C13H17ClN2O4/c1-9(6-7-14)8-15-13(17)10-4-3-5-11(16(18)19)12(10)20-2/h3-5,9H,6-8H2,1-2H3,(H,15,17). The lowest BCUT2D eigenvalue weighted by Gasteiger charge is -2.12. The van der Waals surface area contributed by atoms with Gasteiger partial charge in [-0.15, -0.1) is 11.6 Å². The van der Waals surface area contributed by atoms with Crippen molar-refractivity contribution in [1.29, 1.82) is 0 Å². The van der Waals surface area contributed by atoms with E-state index in [1.165, 1.54) is 25.3 Å². The Morgan fingerprint density at radius 1 is 1.55 bits per heavy atom. The maximum absolute atomic E-state index is 12.1. The molecule has 7 heteroatoms. The molecule has 20 heavy (non-hydrogen) atoms. The summed E-state index contributed by atoms with van der Waals surface area (Å²) in [4.78, 5) is 22.4. The molecule has 0 spiro atoms. The van der Waals surface area contributed by atoms with Gasteiger partial charge in [-0.1, -0.05) is 13.0 Å². The van der Waals surface area contributed by atoms with Gasteiger partial charge in [-0.3, -0.25) is 14.9 Å². The minimum absolute atomic E-state index is 0.0278. The first-order chi connectivity index (χ1) is 9.51. The van der Waals surface area contributed by atoms with Crippen molar-refractivity contribution in [3.63, 3.8) is 0 Å². The zero-order valence-corrected chi connectivity index (χ0v) is 12.1. The number of alkyl halides is 1. The van der Waals surface area contributed by atoms with Crippen LogP contribution in [-0.4, -0.2) is 30.4 Å². The lowest BCUT2D eigenvalue weighted by Crippen LogP contribution is -2.28. The van der Waals surface area contributed by atoms with Crippen LogP contribution in [-0.2, 0) is 0 Å². The molecule has 0 radical (unpaired) electrons. The van der Waals surface area contributed by atoms with E-state index in [0.29, 0.717) is 12.4 Å². The van der Waals surface area contributed by atoms with Gasteiger partial charge in [-0.05, 0) is 18.4 Å². The van der Waals surface area contributed by atoms with Gasteiger partial charge in [0.05, 0.1) is 17.6 Å². The Morgan fingerprint density at radius 3 is 2.80 bits per heavy atom. The lowest BCUT2D eigenvalue weighted by atomic mass is 10.1. The van der Waals surface area contributed by atoms with Gasteiger partial charge < -0.3 is 10.1 Å². The Balaban J connectivity index is 2.87. The van der Waals surface area contributed by atoms with Crippen LogP contribution in [0.15, 0.2) is 18.2 Å². The van der Waals surface area contributed by atoms with Crippen molar-refractivity contribution in [3.8, 4) is 5.75 Å². The van der Waals surface area contributed by atoms with Gasteiger partial charge in [0.15, 0.2) is 0 Å². The van der Waals surface area contributed by atoms with Crippen molar-refractivity contribution in [2.24, 2.45) is 5.92 Å². The molecule has 1 aromatic rings. The largest absolute Gasteiger partial charge is 0.490 e. The normalized spacial score (nSPS) is 11.8. The highest BCUT2D eigenvalue weighted by atomic mass is 35.5. The lowest BCUT2D eigenvalue weighted by molar-refractivity contribution is -0.385. The van der Waals surface area contributed by atoms with E-state index in [4.69, 9.17) is 16.3 Å². The Labute approximate surface area is 122 Å². The number of rotatable bonds is 7. The number of nitrogens with zero attached hydrogens (tertiary/aromatic N) is 1. The summed E-state index contributed by atoms with van der Waals surface area (Å²) in [6, 6.07) is 4.25. The number of methoxy groups -OCH3 is 1. The van der Waals surface area contributed by atoms with Crippen molar-refractivity contribution in [2.75, 3.05) is 19.5 Å². The smallest absolute Gasteiger partial charge is 0.311 e. The molecule has 6 nitrogen and oxygen atoms in total. The molecule has 0 saturated carbocycles. The maximum atomic E-state index is 12.1. The average molecular weight is 301 g/mol. The predicted octanol–water partition coefficient (Wildman–Crippen LogP) is 2.60. The number of nitrogens with one attached hydrogen (secondary N) is 1. The van der Waals surface area contributed by atoms with E-state index in [1.807, 2.05) is 6.92 Å². The summed E-state index contributed by atoms with van der Waals surface area (Å²) in [6.45, 7) is 2.42. The average Bonchev–Trinajstić information content (AvgIpc) is 2.44. The molecule has 1 rings (SSSR count). The van der Waals surface area contributed by atoms with Crippen molar-refractivity contribution in [2.45, 2.75) is 13.3 Å². The molecule has 0 fully saturated rings. The van der Waals surface area contributed by atoms with Gasteiger partial charge >= 0.3 is 5.69 Å². The van der Waals surface area contributed by atoms with Gasteiger partial charge in [-0.25, -0.2) is 0 Å². The first kappa shape index (κ1) is 16.2. The number of benzene rings is 1. The molecule has 0 heterocycles. The fourth-order valence-corrected chi connectivity index (χ4v) is 2.08. The van der Waals surface area contributed by atoms with Crippen molar-refractivity contribution in [3.05, 3.63) is 33.9 Å². The third kappa shape index (κ3) is 4.09.